The van der Waals surface area contributed by atoms with E-state index in [4.69, 9.17) is 9.41 Å². The summed E-state index contributed by atoms with van der Waals surface area (Å²) >= 11 is 1.65. The number of furan rings is 1. The third-order valence-electron chi connectivity index (χ3n) is 5.33. The third kappa shape index (κ3) is 3.51. The number of thiophene rings is 1. The molecule has 1 aliphatic carbocycles. The van der Waals surface area contributed by atoms with Crippen LogP contribution in [0.15, 0.2) is 58.3 Å². The van der Waals surface area contributed by atoms with Gasteiger partial charge in [0, 0.05) is 33.8 Å². The van der Waals surface area contributed by atoms with Crippen LogP contribution >= 0.6 is 11.3 Å². The number of carbonyl (C=O) groups excluding carboxylic acids is 1. The summed E-state index contributed by atoms with van der Waals surface area (Å²) in [4.78, 5) is 22.4. The SMILES string of the molecule is O=C(NCc1ccco1)c1c(/N=C/c2c[nH]c3ccccc23)sc2c1CCCC2. The molecule has 1 amide bonds. The van der Waals surface area contributed by atoms with Gasteiger partial charge in [-0.05, 0) is 49.4 Å². The fourth-order valence-electron chi connectivity index (χ4n) is 3.87. The summed E-state index contributed by atoms with van der Waals surface area (Å²) < 4.78 is 5.34. The standard InChI is InChI=1S/C23H21N3O2S/c27-22(25-14-16-6-5-11-28-16)21-18-8-2-4-10-20(18)29-23(21)26-13-15-12-24-19-9-3-1-7-17(15)19/h1,3,5-7,9,11-13,24H,2,4,8,10,14H2,(H,25,27)/b26-13+. The fraction of sp³-hybridized carbons (Fsp3) is 0.217. The molecule has 0 bridgehead atoms. The van der Waals surface area contributed by atoms with Gasteiger partial charge in [-0.1, -0.05) is 18.2 Å². The number of carbonyl (C=O) groups is 1. The normalized spacial score (nSPS) is 13.8. The number of H-pyrrole nitrogens is 1. The van der Waals surface area contributed by atoms with Crippen LogP contribution in [0.5, 0.6) is 0 Å². The summed E-state index contributed by atoms with van der Waals surface area (Å²) in [6, 6.07) is 11.8. The lowest BCUT2D eigenvalue weighted by Gasteiger charge is -2.12. The van der Waals surface area contributed by atoms with E-state index in [0.717, 1.165) is 52.1 Å². The van der Waals surface area contributed by atoms with Crippen molar-refractivity contribution in [2.75, 3.05) is 0 Å². The molecule has 29 heavy (non-hydrogen) atoms. The number of nitrogens with zero attached hydrogens (tertiary/aromatic N) is 1. The minimum atomic E-state index is -0.0770. The molecular formula is C23H21N3O2S. The maximum absolute atomic E-state index is 13.0. The van der Waals surface area contributed by atoms with Crippen molar-refractivity contribution in [3.8, 4) is 0 Å². The molecule has 0 fully saturated rings. The molecule has 3 heterocycles. The van der Waals surface area contributed by atoms with E-state index >= 15 is 0 Å². The van der Waals surface area contributed by atoms with E-state index in [1.807, 2.05) is 42.7 Å². The Morgan fingerprint density at radius 2 is 2.10 bits per heavy atom. The van der Waals surface area contributed by atoms with Gasteiger partial charge in [0.1, 0.15) is 10.8 Å². The Hall–Kier alpha value is -3.12. The van der Waals surface area contributed by atoms with Crippen molar-refractivity contribution in [1.29, 1.82) is 0 Å². The average molecular weight is 404 g/mol. The van der Waals surface area contributed by atoms with Crippen LogP contribution in [0.1, 0.15) is 45.0 Å². The summed E-state index contributed by atoms with van der Waals surface area (Å²) in [5.41, 5.74) is 4.00. The van der Waals surface area contributed by atoms with Crippen molar-refractivity contribution in [3.63, 3.8) is 0 Å². The average Bonchev–Trinajstić information content (AvgIpc) is 3.48. The highest BCUT2D eigenvalue weighted by molar-refractivity contribution is 7.16. The first kappa shape index (κ1) is 17.9. The second kappa shape index (κ2) is 7.72. The number of aromatic nitrogens is 1. The Kier molecular flexibility index (Phi) is 4.77. The predicted molar refractivity (Wildman–Crippen MR) is 116 cm³/mol. The van der Waals surface area contributed by atoms with E-state index in [1.54, 1.807) is 17.6 Å². The van der Waals surface area contributed by atoms with Gasteiger partial charge in [0.25, 0.3) is 5.91 Å². The predicted octanol–water partition coefficient (Wildman–Crippen LogP) is 5.38. The maximum atomic E-state index is 13.0. The number of hydrogen-bond acceptors (Lipinski definition) is 4. The van der Waals surface area contributed by atoms with E-state index < -0.39 is 0 Å². The number of aryl methyl sites for hydroxylation is 1. The molecule has 4 aromatic rings. The summed E-state index contributed by atoms with van der Waals surface area (Å²) in [5, 5.41) is 4.91. The first-order valence-corrected chi connectivity index (χ1v) is 10.7. The first-order chi connectivity index (χ1) is 14.3. The number of amides is 1. The number of aliphatic imine (C=N–C) groups is 1. The van der Waals surface area contributed by atoms with Crippen LogP contribution < -0.4 is 5.32 Å². The molecule has 0 atom stereocenters. The monoisotopic (exact) mass is 403 g/mol. The van der Waals surface area contributed by atoms with Crippen LogP contribution in [0.2, 0.25) is 0 Å². The summed E-state index contributed by atoms with van der Waals surface area (Å²) in [6.07, 6.45) is 9.70. The number of aromatic amines is 1. The molecule has 6 heteroatoms. The quantitative estimate of drug-likeness (QED) is 0.439. The molecule has 0 unspecified atom stereocenters. The molecule has 5 nitrogen and oxygen atoms in total. The van der Waals surface area contributed by atoms with Gasteiger partial charge in [0.2, 0.25) is 0 Å². The second-order valence-electron chi connectivity index (χ2n) is 7.20. The number of hydrogen-bond donors (Lipinski definition) is 2. The number of para-hydroxylation sites is 1. The Morgan fingerprint density at radius 1 is 1.21 bits per heavy atom. The molecule has 0 aliphatic heterocycles. The molecule has 1 aromatic carbocycles. The van der Waals surface area contributed by atoms with Gasteiger partial charge in [-0.15, -0.1) is 11.3 Å². The lowest BCUT2D eigenvalue weighted by atomic mass is 9.95. The second-order valence-corrected chi connectivity index (χ2v) is 8.28. The van der Waals surface area contributed by atoms with Gasteiger partial charge in [-0.3, -0.25) is 4.79 Å². The van der Waals surface area contributed by atoms with Crippen molar-refractivity contribution in [1.82, 2.24) is 10.3 Å². The van der Waals surface area contributed by atoms with Crippen LogP contribution in [-0.2, 0) is 19.4 Å². The van der Waals surface area contributed by atoms with Crippen molar-refractivity contribution in [2.45, 2.75) is 32.2 Å². The molecule has 5 rings (SSSR count). The van der Waals surface area contributed by atoms with E-state index in [9.17, 15) is 4.79 Å². The van der Waals surface area contributed by atoms with Gasteiger partial charge in [-0.25, -0.2) is 4.99 Å². The highest BCUT2D eigenvalue weighted by Gasteiger charge is 2.25. The Morgan fingerprint density at radius 3 is 3.00 bits per heavy atom. The van der Waals surface area contributed by atoms with Crippen LogP contribution in [-0.4, -0.2) is 17.1 Å². The molecule has 0 radical (unpaired) electrons. The smallest absolute Gasteiger partial charge is 0.255 e. The molecule has 1 aliphatic rings. The summed E-state index contributed by atoms with van der Waals surface area (Å²) in [5.74, 6) is 0.665. The molecule has 0 spiro atoms. The fourth-order valence-corrected chi connectivity index (χ4v) is 5.10. The Labute approximate surface area is 172 Å². The Bertz CT molecular complexity index is 1180. The molecule has 2 N–H and O–H groups in total. The zero-order valence-electron chi connectivity index (χ0n) is 15.9. The zero-order chi connectivity index (χ0) is 19.6. The number of benzene rings is 1. The van der Waals surface area contributed by atoms with Gasteiger partial charge in [-0.2, -0.15) is 0 Å². The lowest BCUT2D eigenvalue weighted by molar-refractivity contribution is 0.0948. The summed E-state index contributed by atoms with van der Waals surface area (Å²) in [6.45, 7) is 0.377. The minimum absolute atomic E-state index is 0.0770. The molecule has 3 aromatic heterocycles. The van der Waals surface area contributed by atoms with Crippen LogP contribution in [0, 0.1) is 0 Å². The summed E-state index contributed by atoms with van der Waals surface area (Å²) in [7, 11) is 0. The van der Waals surface area contributed by atoms with E-state index in [2.05, 4.69) is 16.4 Å². The highest BCUT2D eigenvalue weighted by Crippen LogP contribution is 2.40. The van der Waals surface area contributed by atoms with E-state index in [0.29, 0.717) is 6.54 Å². The molecule has 146 valence electrons. The third-order valence-corrected chi connectivity index (χ3v) is 6.52. The molecular weight excluding hydrogens is 382 g/mol. The van der Waals surface area contributed by atoms with Gasteiger partial charge < -0.3 is 14.7 Å². The zero-order valence-corrected chi connectivity index (χ0v) is 16.7. The van der Waals surface area contributed by atoms with Gasteiger partial charge in [0.15, 0.2) is 0 Å². The van der Waals surface area contributed by atoms with Crippen molar-refractivity contribution in [3.05, 3.63) is 76.2 Å². The number of nitrogens with one attached hydrogen (secondary N) is 2. The molecule has 0 saturated heterocycles. The highest BCUT2D eigenvalue weighted by atomic mass is 32.1. The largest absolute Gasteiger partial charge is 0.467 e. The van der Waals surface area contributed by atoms with E-state index in [-0.39, 0.29) is 5.91 Å². The minimum Gasteiger partial charge on any atom is -0.467 e. The number of rotatable bonds is 5. The maximum Gasteiger partial charge on any atom is 0.255 e. The van der Waals surface area contributed by atoms with Gasteiger partial charge in [0.05, 0.1) is 18.4 Å². The van der Waals surface area contributed by atoms with Crippen LogP contribution in [0.4, 0.5) is 5.00 Å². The topological polar surface area (TPSA) is 70.4 Å². The Balaban J connectivity index is 1.47. The number of fused-ring (bicyclic) bond motifs is 2. The molecule has 0 saturated carbocycles. The van der Waals surface area contributed by atoms with Crippen LogP contribution in [0.25, 0.3) is 10.9 Å². The van der Waals surface area contributed by atoms with Crippen molar-refractivity contribution in [2.24, 2.45) is 4.99 Å². The van der Waals surface area contributed by atoms with Gasteiger partial charge >= 0.3 is 0 Å². The van der Waals surface area contributed by atoms with Crippen molar-refractivity contribution < 1.29 is 9.21 Å². The first-order valence-electron chi connectivity index (χ1n) is 9.85. The van der Waals surface area contributed by atoms with Crippen LogP contribution in [0.3, 0.4) is 0 Å². The van der Waals surface area contributed by atoms with Crippen molar-refractivity contribution >= 4 is 39.4 Å². The lowest BCUT2D eigenvalue weighted by Crippen LogP contribution is -2.23. The van der Waals surface area contributed by atoms with E-state index in [1.165, 1.54) is 16.9 Å².